The van der Waals surface area contributed by atoms with E-state index in [-0.39, 0.29) is 6.04 Å². The van der Waals surface area contributed by atoms with E-state index in [1.165, 1.54) is 10.8 Å². The number of fused-ring (bicyclic) bond motifs is 1. The Hall–Kier alpha value is -2.09. The number of nitrogens with one attached hydrogen (secondary N) is 1. The standard InChI is InChI=1S/C18H21N3O/c1-22-17-7-6-14-4-2-3-5-15(14)18(17)16(8-9-19)21-12-10-20-11-13-21/h2-7,16,20H,8,10-13H2,1H3/t16-/m1/s1. The van der Waals surface area contributed by atoms with Gasteiger partial charge in [-0.2, -0.15) is 5.26 Å². The summed E-state index contributed by atoms with van der Waals surface area (Å²) in [5.41, 5.74) is 1.14. The first kappa shape index (κ1) is 14.8. The Kier molecular flexibility index (Phi) is 4.57. The first-order valence-corrected chi connectivity index (χ1v) is 7.72. The smallest absolute Gasteiger partial charge is 0.124 e. The minimum atomic E-state index is 0.0770. The highest BCUT2D eigenvalue weighted by Gasteiger charge is 2.26. The van der Waals surface area contributed by atoms with Gasteiger partial charge in [-0.25, -0.2) is 0 Å². The maximum atomic E-state index is 9.33. The monoisotopic (exact) mass is 295 g/mol. The third-order valence-corrected chi connectivity index (χ3v) is 4.36. The SMILES string of the molecule is COc1ccc2ccccc2c1[C@@H](CC#N)N1CCNCC1. The van der Waals surface area contributed by atoms with E-state index in [1.807, 2.05) is 18.2 Å². The summed E-state index contributed by atoms with van der Waals surface area (Å²) in [6, 6.07) is 14.9. The van der Waals surface area contributed by atoms with E-state index in [2.05, 4.69) is 34.5 Å². The molecule has 2 aromatic carbocycles. The number of rotatable bonds is 4. The average molecular weight is 295 g/mol. The van der Waals surface area contributed by atoms with Crippen molar-refractivity contribution in [2.24, 2.45) is 0 Å². The van der Waals surface area contributed by atoms with E-state index in [0.717, 1.165) is 37.5 Å². The van der Waals surface area contributed by atoms with E-state index >= 15 is 0 Å². The van der Waals surface area contributed by atoms with E-state index < -0.39 is 0 Å². The topological polar surface area (TPSA) is 48.3 Å². The molecule has 1 heterocycles. The lowest BCUT2D eigenvalue weighted by atomic mass is 9.94. The van der Waals surface area contributed by atoms with E-state index in [9.17, 15) is 5.26 Å². The second-order valence-corrected chi connectivity index (χ2v) is 5.57. The van der Waals surface area contributed by atoms with E-state index in [0.29, 0.717) is 6.42 Å². The molecule has 1 N–H and O–H groups in total. The molecule has 0 amide bonds. The molecule has 0 spiro atoms. The summed E-state index contributed by atoms with van der Waals surface area (Å²) in [5, 5.41) is 15.1. The van der Waals surface area contributed by atoms with Gasteiger partial charge in [0.15, 0.2) is 0 Å². The maximum absolute atomic E-state index is 9.33. The average Bonchev–Trinajstić information content (AvgIpc) is 2.59. The van der Waals surface area contributed by atoms with Gasteiger partial charge in [-0.15, -0.1) is 0 Å². The second-order valence-electron chi connectivity index (χ2n) is 5.57. The Morgan fingerprint density at radius 3 is 2.73 bits per heavy atom. The van der Waals surface area contributed by atoms with Gasteiger partial charge in [-0.1, -0.05) is 30.3 Å². The Morgan fingerprint density at radius 2 is 2.00 bits per heavy atom. The van der Waals surface area contributed by atoms with Crippen LogP contribution in [0, 0.1) is 11.3 Å². The number of nitrogens with zero attached hydrogens (tertiary/aromatic N) is 2. The van der Waals surface area contributed by atoms with Crippen molar-refractivity contribution in [3.63, 3.8) is 0 Å². The fourth-order valence-electron chi connectivity index (χ4n) is 3.29. The molecule has 0 radical (unpaired) electrons. The van der Waals surface area contributed by atoms with Crippen LogP contribution in [-0.2, 0) is 0 Å². The molecule has 1 aliphatic heterocycles. The van der Waals surface area contributed by atoms with Gasteiger partial charge in [-0.05, 0) is 16.8 Å². The van der Waals surface area contributed by atoms with Crippen LogP contribution in [0.4, 0.5) is 0 Å². The van der Waals surface area contributed by atoms with Crippen LogP contribution in [0.1, 0.15) is 18.0 Å². The highest BCUT2D eigenvalue weighted by atomic mass is 16.5. The Labute approximate surface area is 131 Å². The van der Waals surface area contributed by atoms with Gasteiger partial charge >= 0.3 is 0 Å². The summed E-state index contributed by atoms with van der Waals surface area (Å²) in [7, 11) is 1.70. The van der Waals surface area contributed by atoms with Gasteiger partial charge < -0.3 is 10.1 Å². The van der Waals surface area contributed by atoms with Gasteiger partial charge in [0.25, 0.3) is 0 Å². The number of hydrogen-bond donors (Lipinski definition) is 1. The minimum Gasteiger partial charge on any atom is -0.496 e. The van der Waals surface area contributed by atoms with Crippen molar-refractivity contribution in [3.8, 4) is 11.8 Å². The number of hydrogen-bond acceptors (Lipinski definition) is 4. The Bertz CT molecular complexity index is 686. The number of benzene rings is 2. The first-order chi connectivity index (χ1) is 10.8. The molecule has 0 bridgehead atoms. The van der Waals surface area contributed by atoms with Gasteiger partial charge in [0.1, 0.15) is 5.75 Å². The molecule has 4 heteroatoms. The molecule has 4 nitrogen and oxygen atoms in total. The van der Waals surface area contributed by atoms with Crippen LogP contribution in [0.2, 0.25) is 0 Å². The molecule has 0 aromatic heterocycles. The molecule has 0 aliphatic carbocycles. The van der Waals surface area contributed by atoms with Crippen LogP contribution in [0.5, 0.6) is 5.75 Å². The van der Waals surface area contributed by atoms with E-state index in [4.69, 9.17) is 4.74 Å². The molecule has 114 valence electrons. The number of piperazine rings is 1. The highest BCUT2D eigenvalue weighted by Crippen LogP contribution is 2.37. The van der Waals surface area contributed by atoms with Crippen LogP contribution in [0.3, 0.4) is 0 Å². The lowest BCUT2D eigenvalue weighted by Crippen LogP contribution is -2.45. The summed E-state index contributed by atoms with van der Waals surface area (Å²) in [6.45, 7) is 3.85. The molecular weight excluding hydrogens is 274 g/mol. The van der Waals surface area contributed by atoms with Gasteiger partial charge in [0, 0.05) is 31.7 Å². The van der Waals surface area contributed by atoms with Crippen molar-refractivity contribution in [3.05, 3.63) is 42.0 Å². The Balaban J connectivity index is 2.13. The molecule has 1 saturated heterocycles. The van der Waals surface area contributed by atoms with Crippen LogP contribution in [0.15, 0.2) is 36.4 Å². The van der Waals surface area contributed by atoms with Crippen molar-refractivity contribution in [1.82, 2.24) is 10.2 Å². The van der Waals surface area contributed by atoms with Crippen LogP contribution >= 0.6 is 0 Å². The summed E-state index contributed by atoms with van der Waals surface area (Å²) in [5.74, 6) is 0.873. The maximum Gasteiger partial charge on any atom is 0.124 e. The summed E-state index contributed by atoms with van der Waals surface area (Å²) < 4.78 is 5.62. The van der Waals surface area contributed by atoms with Crippen LogP contribution < -0.4 is 10.1 Å². The molecule has 0 saturated carbocycles. The molecular formula is C18H21N3O. The predicted molar refractivity (Wildman–Crippen MR) is 87.9 cm³/mol. The van der Waals surface area contributed by atoms with Gasteiger partial charge in [-0.3, -0.25) is 4.90 Å². The van der Waals surface area contributed by atoms with Crippen LogP contribution in [-0.4, -0.2) is 38.2 Å². The lowest BCUT2D eigenvalue weighted by Gasteiger charge is -2.35. The molecule has 2 aromatic rings. The van der Waals surface area contributed by atoms with Gasteiger partial charge in [0.2, 0.25) is 0 Å². The zero-order valence-corrected chi connectivity index (χ0v) is 12.9. The van der Waals surface area contributed by atoms with Crippen molar-refractivity contribution < 1.29 is 4.74 Å². The normalized spacial score (nSPS) is 17.1. The van der Waals surface area contributed by atoms with Crippen molar-refractivity contribution in [1.29, 1.82) is 5.26 Å². The summed E-state index contributed by atoms with van der Waals surface area (Å²) >= 11 is 0. The molecule has 1 aliphatic rings. The first-order valence-electron chi connectivity index (χ1n) is 7.72. The second kappa shape index (κ2) is 6.78. The molecule has 1 fully saturated rings. The van der Waals surface area contributed by atoms with Crippen molar-refractivity contribution in [2.45, 2.75) is 12.5 Å². The zero-order chi connectivity index (χ0) is 15.4. The number of nitriles is 1. The summed E-state index contributed by atoms with van der Waals surface area (Å²) in [6.07, 6.45) is 0.477. The van der Waals surface area contributed by atoms with Crippen LogP contribution in [0.25, 0.3) is 10.8 Å². The molecule has 1 atom stereocenters. The molecule has 22 heavy (non-hydrogen) atoms. The highest BCUT2D eigenvalue weighted by molar-refractivity contribution is 5.88. The molecule has 3 rings (SSSR count). The third kappa shape index (κ3) is 2.78. The third-order valence-electron chi connectivity index (χ3n) is 4.36. The van der Waals surface area contributed by atoms with Gasteiger partial charge in [0.05, 0.1) is 25.6 Å². The van der Waals surface area contributed by atoms with E-state index in [1.54, 1.807) is 7.11 Å². The number of ether oxygens (including phenoxy) is 1. The quantitative estimate of drug-likeness (QED) is 0.942. The largest absolute Gasteiger partial charge is 0.496 e. The lowest BCUT2D eigenvalue weighted by molar-refractivity contribution is 0.174. The predicted octanol–water partition coefficient (Wildman–Crippen LogP) is 2.71. The summed E-state index contributed by atoms with van der Waals surface area (Å²) in [4.78, 5) is 2.39. The number of methoxy groups -OCH3 is 1. The Morgan fingerprint density at radius 1 is 1.23 bits per heavy atom. The van der Waals surface area contributed by atoms with Crippen molar-refractivity contribution >= 4 is 10.8 Å². The minimum absolute atomic E-state index is 0.0770. The zero-order valence-electron chi connectivity index (χ0n) is 12.9. The molecule has 0 unspecified atom stereocenters. The van der Waals surface area contributed by atoms with Crippen molar-refractivity contribution in [2.75, 3.05) is 33.3 Å². The fraction of sp³-hybridized carbons (Fsp3) is 0.389. The fourth-order valence-corrected chi connectivity index (χ4v) is 3.29.